The van der Waals surface area contributed by atoms with Gasteiger partial charge in [-0.3, -0.25) is 0 Å². The zero-order valence-electron chi connectivity index (χ0n) is 10.6. The van der Waals surface area contributed by atoms with E-state index in [1.54, 1.807) is 0 Å². The van der Waals surface area contributed by atoms with E-state index in [0.717, 1.165) is 44.1 Å². The molecule has 0 atom stereocenters. The minimum atomic E-state index is -0.460. The maximum absolute atomic E-state index is 13.4. The van der Waals surface area contributed by atoms with Gasteiger partial charge in [-0.05, 0) is 37.5 Å². The standard InChI is InChI=1S/C13H17F2N3.HI/c14-11-4-5-12(15)10(8-11)9-17-13(16)18-6-2-1-3-7-18;/h4-5,8H,1-3,6-7,9H2,(H2,16,17);1H. The number of hydrogen-bond donors (Lipinski definition) is 1. The number of likely N-dealkylation sites (tertiary alicyclic amines) is 1. The second kappa shape index (κ2) is 7.62. The smallest absolute Gasteiger partial charge is 0.191 e. The molecule has 0 spiro atoms. The summed E-state index contributed by atoms with van der Waals surface area (Å²) in [5.41, 5.74) is 6.08. The average Bonchev–Trinajstić information content (AvgIpc) is 2.40. The topological polar surface area (TPSA) is 41.6 Å². The molecule has 0 radical (unpaired) electrons. The molecule has 0 bridgehead atoms. The van der Waals surface area contributed by atoms with Gasteiger partial charge < -0.3 is 10.6 Å². The molecule has 1 aromatic rings. The molecule has 1 aliphatic rings. The van der Waals surface area contributed by atoms with Gasteiger partial charge in [0.2, 0.25) is 0 Å². The Kier molecular flexibility index (Phi) is 6.47. The third-order valence-electron chi connectivity index (χ3n) is 3.10. The van der Waals surface area contributed by atoms with Gasteiger partial charge in [0.05, 0.1) is 6.54 Å². The van der Waals surface area contributed by atoms with E-state index in [4.69, 9.17) is 5.73 Å². The van der Waals surface area contributed by atoms with Gasteiger partial charge in [-0.2, -0.15) is 0 Å². The summed E-state index contributed by atoms with van der Waals surface area (Å²) >= 11 is 0. The molecule has 1 heterocycles. The van der Waals surface area contributed by atoms with Crippen LogP contribution < -0.4 is 5.73 Å². The molecule has 1 aliphatic heterocycles. The number of aliphatic imine (C=N–C) groups is 1. The summed E-state index contributed by atoms with van der Waals surface area (Å²) in [4.78, 5) is 6.12. The summed E-state index contributed by atoms with van der Waals surface area (Å²) in [5.74, 6) is -0.497. The summed E-state index contributed by atoms with van der Waals surface area (Å²) < 4.78 is 26.3. The van der Waals surface area contributed by atoms with Gasteiger partial charge in [-0.1, -0.05) is 0 Å². The highest BCUT2D eigenvalue weighted by Crippen LogP contribution is 2.12. The lowest BCUT2D eigenvalue weighted by Gasteiger charge is -2.27. The quantitative estimate of drug-likeness (QED) is 0.486. The van der Waals surface area contributed by atoms with Crippen molar-refractivity contribution >= 4 is 29.9 Å². The Morgan fingerprint density at radius 1 is 1.21 bits per heavy atom. The van der Waals surface area contributed by atoms with Crippen molar-refractivity contribution in [1.29, 1.82) is 0 Å². The zero-order chi connectivity index (χ0) is 13.0. The molecule has 6 heteroatoms. The van der Waals surface area contributed by atoms with Crippen molar-refractivity contribution in [2.45, 2.75) is 25.8 Å². The molecule has 2 N–H and O–H groups in total. The number of piperidine rings is 1. The highest BCUT2D eigenvalue weighted by Gasteiger charge is 2.12. The van der Waals surface area contributed by atoms with Crippen LogP contribution in [0.5, 0.6) is 0 Å². The number of nitrogens with zero attached hydrogens (tertiary/aromatic N) is 2. The van der Waals surface area contributed by atoms with Gasteiger partial charge in [-0.15, -0.1) is 24.0 Å². The molecule has 1 aromatic carbocycles. The van der Waals surface area contributed by atoms with Crippen LogP contribution in [0, 0.1) is 11.6 Å². The zero-order valence-corrected chi connectivity index (χ0v) is 12.9. The van der Waals surface area contributed by atoms with Crippen LogP contribution in [0.2, 0.25) is 0 Å². The minimum absolute atomic E-state index is 0. The number of nitrogens with two attached hydrogens (primary N) is 1. The summed E-state index contributed by atoms with van der Waals surface area (Å²) in [6.07, 6.45) is 3.41. The Bertz CT molecular complexity index is 446. The molecule has 1 fully saturated rings. The maximum Gasteiger partial charge on any atom is 0.191 e. The van der Waals surface area contributed by atoms with Crippen molar-refractivity contribution < 1.29 is 8.78 Å². The van der Waals surface area contributed by atoms with Crippen LogP contribution in [0.1, 0.15) is 24.8 Å². The Balaban J connectivity index is 0.00000180. The van der Waals surface area contributed by atoms with Crippen LogP contribution in [-0.4, -0.2) is 23.9 Å². The minimum Gasteiger partial charge on any atom is -0.370 e. The van der Waals surface area contributed by atoms with Gasteiger partial charge in [0.15, 0.2) is 5.96 Å². The monoisotopic (exact) mass is 381 g/mol. The lowest BCUT2D eigenvalue weighted by atomic mass is 10.1. The SMILES string of the molecule is I.NC(=NCc1cc(F)ccc1F)N1CCCCC1. The van der Waals surface area contributed by atoms with E-state index in [-0.39, 0.29) is 36.1 Å². The third-order valence-corrected chi connectivity index (χ3v) is 3.10. The first-order valence-corrected chi connectivity index (χ1v) is 6.15. The molecule has 106 valence electrons. The Morgan fingerprint density at radius 3 is 2.58 bits per heavy atom. The van der Waals surface area contributed by atoms with Crippen LogP contribution in [0.3, 0.4) is 0 Å². The number of halogens is 3. The van der Waals surface area contributed by atoms with Crippen molar-refractivity contribution in [3.63, 3.8) is 0 Å². The van der Waals surface area contributed by atoms with Crippen molar-refractivity contribution in [3.8, 4) is 0 Å². The predicted molar refractivity (Wildman–Crippen MR) is 82.5 cm³/mol. The van der Waals surface area contributed by atoms with Gasteiger partial charge >= 0.3 is 0 Å². The van der Waals surface area contributed by atoms with Crippen LogP contribution in [0.15, 0.2) is 23.2 Å². The van der Waals surface area contributed by atoms with E-state index in [0.29, 0.717) is 5.96 Å². The Hall–Kier alpha value is -0.920. The third kappa shape index (κ3) is 4.59. The van der Waals surface area contributed by atoms with E-state index in [1.807, 2.05) is 4.90 Å². The summed E-state index contributed by atoms with van der Waals surface area (Å²) in [6, 6.07) is 3.36. The molecule has 3 nitrogen and oxygen atoms in total. The first-order chi connectivity index (χ1) is 8.66. The van der Waals surface area contributed by atoms with E-state index >= 15 is 0 Å². The number of rotatable bonds is 2. The van der Waals surface area contributed by atoms with Crippen LogP contribution in [0.25, 0.3) is 0 Å². The van der Waals surface area contributed by atoms with E-state index < -0.39 is 11.6 Å². The molecule has 0 aliphatic carbocycles. The first-order valence-electron chi connectivity index (χ1n) is 6.15. The average molecular weight is 381 g/mol. The molecular formula is C13H18F2IN3. The second-order valence-electron chi connectivity index (χ2n) is 4.46. The molecule has 0 amide bonds. The van der Waals surface area contributed by atoms with E-state index in [1.165, 1.54) is 6.42 Å². The highest BCUT2D eigenvalue weighted by molar-refractivity contribution is 14.0. The van der Waals surface area contributed by atoms with E-state index in [2.05, 4.69) is 4.99 Å². The van der Waals surface area contributed by atoms with E-state index in [9.17, 15) is 8.78 Å². The van der Waals surface area contributed by atoms with Crippen molar-refractivity contribution in [1.82, 2.24) is 4.90 Å². The molecule has 0 saturated carbocycles. The summed E-state index contributed by atoms with van der Waals surface area (Å²) in [6.45, 7) is 1.86. The fourth-order valence-corrected chi connectivity index (χ4v) is 2.05. The van der Waals surface area contributed by atoms with Gasteiger partial charge in [0.25, 0.3) is 0 Å². The number of guanidine groups is 1. The lowest BCUT2D eigenvalue weighted by molar-refractivity contribution is 0.338. The Labute approximate surface area is 128 Å². The molecule has 2 rings (SSSR count). The molecular weight excluding hydrogens is 363 g/mol. The summed E-state index contributed by atoms with van der Waals surface area (Å²) in [5, 5.41) is 0. The molecule has 0 aromatic heterocycles. The maximum atomic E-state index is 13.4. The van der Waals surface area contributed by atoms with Gasteiger partial charge in [-0.25, -0.2) is 13.8 Å². The first kappa shape index (κ1) is 16.1. The molecule has 0 unspecified atom stereocenters. The van der Waals surface area contributed by atoms with Crippen molar-refractivity contribution in [2.24, 2.45) is 10.7 Å². The van der Waals surface area contributed by atoms with Crippen LogP contribution in [0.4, 0.5) is 8.78 Å². The van der Waals surface area contributed by atoms with Gasteiger partial charge in [0.1, 0.15) is 11.6 Å². The predicted octanol–water partition coefficient (Wildman–Crippen LogP) is 2.88. The molecule has 19 heavy (non-hydrogen) atoms. The van der Waals surface area contributed by atoms with Crippen molar-refractivity contribution in [3.05, 3.63) is 35.4 Å². The largest absolute Gasteiger partial charge is 0.370 e. The fraction of sp³-hybridized carbons (Fsp3) is 0.462. The summed E-state index contributed by atoms with van der Waals surface area (Å²) in [7, 11) is 0. The van der Waals surface area contributed by atoms with Crippen LogP contribution >= 0.6 is 24.0 Å². The van der Waals surface area contributed by atoms with Gasteiger partial charge in [0, 0.05) is 18.7 Å². The fourth-order valence-electron chi connectivity index (χ4n) is 2.05. The number of hydrogen-bond acceptors (Lipinski definition) is 1. The number of benzene rings is 1. The Morgan fingerprint density at radius 2 is 1.89 bits per heavy atom. The van der Waals surface area contributed by atoms with Crippen LogP contribution in [-0.2, 0) is 6.54 Å². The molecule has 1 saturated heterocycles. The second-order valence-corrected chi connectivity index (χ2v) is 4.46. The van der Waals surface area contributed by atoms with Crippen molar-refractivity contribution in [2.75, 3.05) is 13.1 Å². The lowest BCUT2D eigenvalue weighted by Crippen LogP contribution is -2.40. The normalized spacial score (nSPS) is 16.1. The highest BCUT2D eigenvalue weighted by atomic mass is 127.